The Bertz CT molecular complexity index is 1580. The Morgan fingerprint density at radius 3 is 1.98 bits per heavy atom. The third-order valence-corrected chi connectivity index (χ3v) is 10.5. The van der Waals surface area contributed by atoms with Gasteiger partial charge in [-0.3, -0.25) is 0 Å². The SMILES string of the molecule is CC1NC2CC(c3ccc(C(OCc4c(F)cccc4F)(C(F)(F)F)C(F)(F)F)cc3)(C2)S(=O)(=O)c2ccc(F)c1c2. The Labute approximate surface area is 234 Å². The summed E-state index contributed by atoms with van der Waals surface area (Å²) in [6.07, 6.45) is -12.5. The third kappa shape index (κ3) is 4.49. The van der Waals surface area contributed by atoms with Gasteiger partial charge in [0.05, 0.1) is 11.5 Å². The van der Waals surface area contributed by atoms with Crippen LogP contribution in [0, 0.1) is 17.5 Å². The molecule has 0 aromatic heterocycles. The van der Waals surface area contributed by atoms with E-state index >= 15 is 0 Å². The zero-order valence-electron chi connectivity index (χ0n) is 21.6. The lowest BCUT2D eigenvalue weighted by molar-refractivity contribution is -0.392. The lowest BCUT2D eigenvalue weighted by Crippen LogP contribution is -2.56. The van der Waals surface area contributed by atoms with Crippen molar-refractivity contribution in [2.24, 2.45) is 0 Å². The molecule has 1 fully saturated rings. The second-order valence-electron chi connectivity index (χ2n) is 10.4. The Balaban J connectivity index is 1.59. The summed E-state index contributed by atoms with van der Waals surface area (Å²) in [5.41, 5.74) is -7.59. The quantitative estimate of drug-likeness (QED) is 0.243. The van der Waals surface area contributed by atoms with Crippen molar-refractivity contribution in [1.82, 2.24) is 5.32 Å². The van der Waals surface area contributed by atoms with Gasteiger partial charge < -0.3 is 10.1 Å². The molecule has 3 aliphatic rings. The Morgan fingerprint density at radius 1 is 0.857 bits per heavy atom. The van der Waals surface area contributed by atoms with Crippen LogP contribution < -0.4 is 5.32 Å². The van der Waals surface area contributed by atoms with Gasteiger partial charge in [0.25, 0.3) is 5.60 Å². The first-order valence-corrected chi connectivity index (χ1v) is 14.0. The van der Waals surface area contributed by atoms with Crippen molar-refractivity contribution in [3.05, 3.63) is 100 Å². The lowest BCUT2D eigenvalue weighted by atomic mass is 9.74. The van der Waals surface area contributed by atoms with Crippen LogP contribution in [0.4, 0.5) is 39.5 Å². The summed E-state index contributed by atoms with van der Waals surface area (Å²) in [6, 6.07) is 6.96. The van der Waals surface area contributed by atoms with Crippen molar-refractivity contribution < 1.29 is 52.7 Å². The number of rotatable bonds is 5. The summed E-state index contributed by atoms with van der Waals surface area (Å²) in [5, 5.41) is 3.10. The van der Waals surface area contributed by atoms with E-state index in [1.807, 2.05) is 0 Å². The van der Waals surface area contributed by atoms with Crippen molar-refractivity contribution in [2.45, 2.75) is 66.1 Å². The number of benzene rings is 3. The number of nitrogens with one attached hydrogen (secondary N) is 1. The zero-order chi connectivity index (χ0) is 30.9. The van der Waals surface area contributed by atoms with Crippen LogP contribution in [0.15, 0.2) is 65.6 Å². The van der Waals surface area contributed by atoms with Crippen molar-refractivity contribution in [1.29, 1.82) is 0 Å². The smallest absolute Gasteiger partial charge is 0.349 e. The van der Waals surface area contributed by atoms with Crippen LogP contribution in [0.1, 0.15) is 48.1 Å². The largest absolute Gasteiger partial charge is 0.430 e. The van der Waals surface area contributed by atoms with Crippen molar-refractivity contribution >= 4 is 9.84 Å². The summed E-state index contributed by atoms with van der Waals surface area (Å²) in [7, 11) is -4.30. The molecule has 1 aliphatic carbocycles. The highest BCUT2D eigenvalue weighted by atomic mass is 32.2. The van der Waals surface area contributed by atoms with Gasteiger partial charge in [0, 0.05) is 28.8 Å². The van der Waals surface area contributed by atoms with E-state index < -0.39 is 79.8 Å². The number of ether oxygens (including phenoxy) is 1. The topological polar surface area (TPSA) is 55.4 Å². The van der Waals surface area contributed by atoms with Crippen LogP contribution in [-0.4, -0.2) is 26.8 Å². The molecule has 1 unspecified atom stereocenters. The van der Waals surface area contributed by atoms with Crippen LogP contribution >= 0.6 is 0 Å². The molecular formula is C28H22F9NO3S. The monoisotopic (exact) mass is 623 g/mol. The van der Waals surface area contributed by atoms with Gasteiger partial charge in [-0.15, -0.1) is 0 Å². The fraction of sp³-hybridized carbons (Fsp3) is 0.357. The fourth-order valence-electron chi connectivity index (χ4n) is 5.75. The van der Waals surface area contributed by atoms with Crippen molar-refractivity contribution in [3.63, 3.8) is 0 Å². The predicted molar refractivity (Wildman–Crippen MR) is 131 cm³/mol. The van der Waals surface area contributed by atoms with Crippen LogP contribution in [0.2, 0.25) is 0 Å². The normalized spacial score (nSPS) is 23.9. The number of halogens is 9. The third-order valence-electron chi connectivity index (χ3n) is 8.01. The standard InChI is InChI=1S/C28H22F9NO3S/c1-15-20-11-19(9-10-24(20)31)42(39,40)25(12-18(13-25)38-15)16-5-7-17(8-6-16)26(27(32,33)34,28(35,36)37)41-14-21-22(29)3-2-4-23(21)30/h2-11,15,18,38H,12-14H2,1H3. The van der Waals surface area contributed by atoms with E-state index in [0.29, 0.717) is 24.3 Å². The molecule has 2 heterocycles. The average molecular weight is 624 g/mol. The van der Waals surface area contributed by atoms with E-state index in [2.05, 4.69) is 10.1 Å². The van der Waals surface area contributed by atoms with Crippen LogP contribution in [0.25, 0.3) is 0 Å². The van der Waals surface area contributed by atoms with Gasteiger partial charge >= 0.3 is 12.4 Å². The van der Waals surface area contributed by atoms with E-state index in [4.69, 9.17) is 0 Å². The molecule has 1 atom stereocenters. The van der Waals surface area contributed by atoms with Gasteiger partial charge in [0.15, 0.2) is 9.84 Å². The minimum Gasteiger partial charge on any atom is -0.349 e. The molecule has 4 nitrogen and oxygen atoms in total. The molecule has 0 saturated heterocycles. The average Bonchev–Trinajstić information content (AvgIpc) is 2.90. The number of hydrogen-bond donors (Lipinski definition) is 1. The first-order chi connectivity index (χ1) is 19.4. The maximum absolute atomic E-state index is 14.4. The molecular weight excluding hydrogens is 601 g/mol. The van der Waals surface area contributed by atoms with Crippen LogP contribution in [-0.2, 0) is 31.5 Å². The summed E-state index contributed by atoms with van der Waals surface area (Å²) < 4.78 is 158. The van der Waals surface area contributed by atoms with Gasteiger partial charge in [-0.2, -0.15) is 26.3 Å². The first-order valence-electron chi connectivity index (χ1n) is 12.6. The number of alkyl halides is 6. The molecule has 2 aliphatic heterocycles. The molecule has 3 aromatic carbocycles. The van der Waals surface area contributed by atoms with Gasteiger partial charge in [0.2, 0.25) is 0 Å². The van der Waals surface area contributed by atoms with E-state index in [1.165, 1.54) is 0 Å². The maximum atomic E-state index is 14.4. The molecule has 0 radical (unpaired) electrons. The molecule has 4 bridgehead atoms. The van der Waals surface area contributed by atoms with Gasteiger partial charge in [-0.25, -0.2) is 21.6 Å². The summed E-state index contributed by atoms with van der Waals surface area (Å²) in [6.45, 7) is -0.0774. The lowest BCUT2D eigenvalue weighted by Gasteiger charge is -2.48. The molecule has 0 amide bonds. The Morgan fingerprint density at radius 2 is 1.43 bits per heavy atom. The number of sulfone groups is 1. The van der Waals surface area contributed by atoms with Crippen LogP contribution in [0.5, 0.6) is 0 Å². The Hall–Kier alpha value is -3.10. The van der Waals surface area contributed by atoms with Gasteiger partial charge in [-0.1, -0.05) is 30.3 Å². The molecule has 14 heteroatoms. The molecule has 226 valence electrons. The summed E-state index contributed by atoms with van der Waals surface area (Å²) in [5.74, 6) is -3.45. The van der Waals surface area contributed by atoms with E-state index in [0.717, 1.165) is 36.4 Å². The highest BCUT2D eigenvalue weighted by molar-refractivity contribution is 7.92. The van der Waals surface area contributed by atoms with E-state index in [9.17, 15) is 47.9 Å². The van der Waals surface area contributed by atoms with Crippen molar-refractivity contribution in [3.8, 4) is 0 Å². The minimum atomic E-state index is -6.15. The van der Waals surface area contributed by atoms with Gasteiger partial charge in [0.1, 0.15) is 22.2 Å². The molecule has 6 rings (SSSR count). The number of hydrogen-bond acceptors (Lipinski definition) is 4. The zero-order valence-corrected chi connectivity index (χ0v) is 22.4. The van der Waals surface area contributed by atoms with E-state index in [1.54, 1.807) is 6.92 Å². The molecule has 42 heavy (non-hydrogen) atoms. The first kappa shape index (κ1) is 30.4. The molecule has 1 N–H and O–H groups in total. The summed E-state index contributed by atoms with van der Waals surface area (Å²) >= 11 is 0. The highest BCUT2D eigenvalue weighted by Gasteiger charge is 2.73. The molecule has 3 aromatic rings. The van der Waals surface area contributed by atoms with Crippen LogP contribution in [0.3, 0.4) is 0 Å². The molecule has 1 saturated carbocycles. The second kappa shape index (κ2) is 9.98. The van der Waals surface area contributed by atoms with Gasteiger partial charge in [-0.05, 0) is 55.7 Å². The summed E-state index contributed by atoms with van der Waals surface area (Å²) in [4.78, 5) is -0.243. The highest BCUT2D eigenvalue weighted by Crippen LogP contribution is 2.56. The minimum absolute atomic E-state index is 0.0775. The van der Waals surface area contributed by atoms with Crippen molar-refractivity contribution in [2.75, 3.05) is 0 Å². The Kier molecular flexibility index (Phi) is 7.22. The number of fused-ring (bicyclic) bond motifs is 1. The second-order valence-corrected chi connectivity index (χ2v) is 12.7. The fourth-order valence-corrected chi connectivity index (χ4v) is 8.02. The predicted octanol–water partition coefficient (Wildman–Crippen LogP) is 7.14. The molecule has 0 spiro atoms. The van der Waals surface area contributed by atoms with E-state index in [-0.39, 0.29) is 28.9 Å². The maximum Gasteiger partial charge on any atom is 0.430 e.